The molecule has 158 valence electrons. The van der Waals surface area contributed by atoms with E-state index >= 15 is 0 Å². The Hall–Kier alpha value is -2.84. The van der Waals surface area contributed by atoms with Gasteiger partial charge in [-0.15, -0.1) is 0 Å². The van der Waals surface area contributed by atoms with E-state index < -0.39 is 0 Å². The van der Waals surface area contributed by atoms with E-state index in [4.69, 9.17) is 0 Å². The molecule has 4 rings (SSSR count). The number of hydrazine groups is 1. The Bertz CT molecular complexity index is 869. The highest BCUT2D eigenvalue weighted by Crippen LogP contribution is 2.24. The second-order valence-corrected chi connectivity index (χ2v) is 7.86. The predicted molar refractivity (Wildman–Crippen MR) is 109 cm³/mol. The lowest BCUT2D eigenvalue weighted by molar-refractivity contribution is -0.137. The van der Waals surface area contributed by atoms with Gasteiger partial charge in [0, 0.05) is 44.0 Å². The lowest BCUT2D eigenvalue weighted by Crippen LogP contribution is -2.49. The molecule has 3 N–H and O–H groups in total. The normalized spacial score (nSPS) is 22.1. The summed E-state index contributed by atoms with van der Waals surface area (Å²) in [5.74, 6) is -0.337. The maximum absolute atomic E-state index is 13.0. The monoisotopic (exact) mass is 411 g/mol. The Kier molecular flexibility index (Phi) is 6.35. The molecule has 3 heterocycles. The van der Waals surface area contributed by atoms with Crippen LogP contribution in [-0.2, 0) is 16.1 Å². The molecule has 1 aromatic carbocycles. The van der Waals surface area contributed by atoms with Crippen LogP contribution in [0.2, 0.25) is 0 Å². The highest BCUT2D eigenvalue weighted by molar-refractivity contribution is 5.83. The van der Waals surface area contributed by atoms with E-state index in [1.165, 1.54) is 12.1 Å². The number of halogens is 1. The zero-order valence-corrected chi connectivity index (χ0v) is 16.7. The molecular formula is C22H26FN5O2. The summed E-state index contributed by atoms with van der Waals surface area (Å²) in [4.78, 5) is 31.3. The van der Waals surface area contributed by atoms with Gasteiger partial charge in [0.2, 0.25) is 11.8 Å². The number of hydrogen-bond acceptors (Lipinski definition) is 5. The van der Waals surface area contributed by atoms with Gasteiger partial charge in [-0.3, -0.25) is 14.6 Å². The van der Waals surface area contributed by atoms with Crippen molar-refractivity contribution in [1.82, 2.24) is 26.1 Å². The van der Waals surface area contributed by atoms with Crippen molar-refractivity contribution in [2.45, 2.75) is 37.9 Å². The highest BCUT2D eigenvalue weighted by atomic mass is 19.1. The molecule has 0 spiro atoms. The van der Waals surface area contributed by atoms with Crippen molar-refractivity contribution in [3.63, 3.8) is 0 Å². The fourth-order valence-electron chi connectivity index (χ4n) is 4.04. The molecule has 2 aliphatic rings. The highest BCUT2D eigenvalue weighted by Gasteiger charge is 2.35. The maximum Gasteiger partial charge on any atom is 0.241 e. The van der Waals surface area contributed by atoms with E-state index in [1.807, 2.05) is 23.2 Å². The number of carbonyl (C=O) groups is 2. The second-order valence-electron chi connectivity index (χ2n) is 7.86. The summed E-state index contributed by atoms with van der Waals surface area (Å²) in [6.45, 7) is 1.53. The zero-order valence-electron chi connectivity index (χ0n) is 16.7. The van der Waals surface area contributed by atoms with Gasteiger partial charge in [0.05, 0.1) is 0 Å². The van der Waals surface area contributed by atoms with E-state index in [0.717, 1.165) is 11.1 Å². The number of pyridine rings is 1. The van der Waals surface area contributed by atoms with Crippen LogP contribution in [-0.4, -0.2) is 40.8 Å². The van der Waals surface area contributed by atoms with Crippen LogP contribution in [0.1, 0.15) is 36.4 Å². The summed E-state index contributed by atoms with van der Waals surface area (Å²) in [5, 5.41) is 2.92. The fraction of sp³-hybridized carbons (Fsp3) is 0.409. The van der Waals surface area contributed by atoms with Gasteiger partial charge in [0.15, 0.2) is 0 Å². The number of piperidine rings is 1. The lowest BCUT2D eigenvalue weighted by atomic mass is 9.94. The molecular weight excluding hydrogens is 385 g/mol. The quantitative estimate of drug-likeness (QED) is 0.697. The molecule has 2 unspecified atom stereocenters. The molecule has 2 amide bonds. The predicted octanol–water partition coefficient (Wildman–Crippen LogP) is 1.68. The van der Waals surface area contributed by atoms with Crippen LogP contribution in [0.3, 0.4) is 0 Å². The summed E-state index contributed by atoms with van der Waals surface area (Å²) in [7, 11) is 0. The van der Waals surface area contributed by atoms with Crippen molar-refractivity contribution in [3.8, 4) is 0 Å². The minimum Gasteiger partial charge on any atom is -0.352 e. The number of nitrogens with zero attached hydrogens (tertiary/aromatic N) is 2. The third kappa shape index (κ3) is 4.83. The Morgan fingerprint density at radius 1 is 1.13 bits per heavy atom. The number of aromatic nitrogens is 1. The van der Waals surface area contributed by atoms with Gasteiger partial charge in [-0.05, 0) is 48.6 Å². The number of carbonyl (C=O) groups excluding carboxylic acids is 2. The van der Waals surface area contributed by atoms with Crippen LogP contribution < -0.4 is 16.2 Å². The first-order valence-corrected chi connectivity index (χ1v) is 10.3. The molecule has 2 fully saturated rings. The van der Waals surface area contributed by atoms with Crippen LogP contribution >= 0.6 is 0 Å². The van der Waals surface area contributed by atoms with Crippen LogP contribution in [0.5, 0.6) is 0 Å². The summed E-state index contributed by atoms with van der Waals surface area (Å²) >= 11 is 0. The molecule has 2 saturated heterocycles. The number of likely N-dealkylation sites (tertiary alicyclic amines) is 1. The zero-order chi connectivity index (χ0) is 20.9. The molecule has 0 radical (unpaired) electrons. The minimum absolute atomic E-state index is 0.0104. The molecule has 0 bridgehead atoms. The van der Waals surface area contributed by atoms with Gasteiger partial charge >= 0.3 is 0 Å². The molecule has 0 saturated carbocycles. The molecule has 8 heteroatoms. The van der Waals surface area contributed by atoms with Crippen LogP contribution in [0.25, 0.3) is 0 Å². The number of benzene rings is 1. The molecule has 0 aliphatic carbocycles. The number of nitrogens with one attached hydrogen (secondary N) is 3. The Morgan fingerprint density at radius 3 is 2.60 bits per heavy atom. The average Bonchev–Trinajstić information content (AvgIpc) is 3.29. The number of rotatable bonds is 5. The summed E-state index contributed by atoms with van der Waals surface area (Å²) < 4.78 is 13.0. The van der Waals surface area contributed by atoms with Crippen molar-refractivity contribution < 1.29 is 14.0 Å². The smallest absolute Gasteiger partial charge is 0.241 e. The first kappa shape index (κ1) is 20.4. The largest absolute Gasteiger partial charge is 0.352 e. The average molecular weight is 411 g/mol. The number of amides is 2. The van der Waals surface area contributed by atoms with Crippen LogP contribution in [0.15, 0.2) is 48.8 Å². The molecule has 1 aromatic heterocycles. The van der Waals surface area contributed by atoms with Gasteiger partial charge in [0.25, 0.3) is 0 Å². The van der Waals surface area contributed by atoms with E-state index in [9.17, 15) is 14.0 Å². The van der Waals surface area contributed by atoms with Gasteiger partial charge in [-0.25, -0.2) is 15.2 Å². The molecule has 2 aromatic rings. The van der Waals surface area contributed by atoms with Crippen molar-refractivity contribution in [2.24, 2.45) is 5.92 Å². The molecule has 30 heavy (non-hydrogen) atoms. The summed E-state index contributed by atoms with van der Waals surface area (Å²) in [6.07, 6.45) is 5.50. The topological polar surface area (TPSA) is 86.4 Å². The minimum atomic E-state index is -0.291. The van der Waals surface area contributed by atoms with Gasteiger partial charge in [-0.2, -0.15) is 0 Å². The van der Waals surface area contributed by atoms with Crippen molar-refractivity contribution in [3.05, 3.63) is 65.7 Å². The van der Waals surface area contributed by atoms with Crippen LogP contribution in [0.4, 0.5) is 4.39 Å². The summed E-state index contributed by atoms with van der Waals surface area (Å²) in [6, 6.07) is 9.76. The standard InChI is InChI=1S/C22H26FN5O2/c23-18-5-3-15(4-6-18)13-25-21(29)16-7-10-28(11-8-16)22(30)20-12-19(26-27-20)17-2-1-9-24-14-17/h1-6,9,14,16,19-20,26-27H,7-8,10-13H2,(H,25,29). The molecule has 2 atom stereocenters. The van der Waals surface area contributed by atoms with Crippen molar-refractivity contribution in [2.75, 3.05) is 13.1 Å². The Labute approximate surface area is 175 Å². The SMILES string of the molecule is O=C(NCc1ccc(F)cc1)C1CCN(C(=O)C2CC(c3cccnc3)NN2)CC1. The number of hydrogen-bond donors (Lipinski definition) is 3. The van der Waals surface area contributed by atoms with Crippen molar-refractivity contribution in [1.29, 1.82) is 0 Å². The van der Waals surface area contributed by atoms with E-state index in [1.54, 1.807) is 18.3 Å². The van der Waals surface area contributed by atoms with Gasteiger partial charge in [-0.1, -0.05) is 18.2 Å². The van der Waals surface area contributed by atoms with E-state index in [-0.39, 0.29) is 35.6 Å². The third-order valence-corrected chi connectivity index (χ3v) is 5.85. The van der Waals surface area contributed by atoms with Gasteiger partial charge in [0.1, 0.15) is 11.9 Å². The fourth-order valence-corrected chi connectivity index (χ4v) is 4.04. The Morgan fingerprint density at radius 2 is 1.90 bits per heavy atom. The first-order valence-electron chi connectivity index (χ1n) is 10.3. The molecule has 7 nitrogen and oxygen atoms in total. The molecule has 2 aliphatic heterocycles. The summed E-state index contributed by atoms with van der Waals surface area (Å²) in [5.41, 5.74) is 8.20. The Balaban J connectivity index is 1.22. The lowest BCUT2D eigenvalue weighted by Gasteiger charge is -2.32. The van der Waals surface area contributed by atoms with Gasteiger partial charge < -0.3 is 10.2 Å². The maximum atomic E-state index is 13.0. The first-order chi connectivity index (χ1) is 14.6. The van der Waals surface area contributed by atoms with Crippen molar-refractivity contribution >= 4 is 11.8 Å². The van der Waals surface area contributed by atoms with E-state index in [0.29, 0.717) is 38.9 Å². The van der Waals surface area contributed by atoms with E-state index in [2.05, 4.69) is 21.2 Å². The second kappa shape index (κ2) is 9.32. The third-order valence-electron chi connectivity index (χ3n) is 5.85. The van der Waals surface area contributed by atoms with Crippen LogP contribution in [0, 0.1) is 11.7 Å².